The molecule has 0 aliphatic carbocycles. The monoisotopic (exact) mass is 310 g/mol. The minimum atomic E-state index is 0.0878. The molecule has 2 aromatic rings. The van der Waals surface area contributed by atoms with Crippen molar-refractivity contribution in [1.29, 1.82) is 0 Å². The van der Waals surface area contributed by atoms with Crippen LogP contribution in [0, 0.1) is 0 Å². The van der Waals surface area contributed by atoms with E-state index in [9.17, 15) is 4.79 Å². The summed E-state index contributed by atoms with van der Waals surface area (Å²) in [6, 6.07) is 13.6. The molecular weight excluding hydrogens is 292 g/mol. The summed E-state index contributed by atoms with van der Waals surface area (Å²) in [5.41, 5.74) is 3.58. The highest BCUT2D eigenvalue weighted by atomic mass is 32.2. The Kier molecular flexibility index (Phi) is 4.08. The zero-order valence-corrected chi connectivity index (χ0v) is 13.6. The molecule has 2 nitrogen and oxygen atoms in total. The Balaban J connectivity index is 1.99. The molecule has 3 rings (SSSR count). The Labute approximate surface area is 135 Å². The van der Waals surface area contributed by atoms with Gasteiger partial charge in [0.15, 0.2) is 5.78 Å². The summed E-state index contributed by atoms with van der Waals surface area (Å²) in [4.78, 5) is 13.7. The fraction of sp³-hybridized carbons (Fsp3) is 0.211. The first-order chi connectivity index (χ1) is 10.6. The van der Waals surface area contributed by atoms with Crippen molar-refractivity contribution in [3.63, 3.8) is 0 Å². The second-order valence-electron chi connectivity index (χ2n) is 5.58. The number of carbonyl (C=O) groups is 1. The molecule has 1 aliphatic heterocycles. The topological polar surface area (TPSA) is 26.3 Å². The quantitative estimate of drug-likeness (QED) is 0.753. The highest BCUT2D eigenvalue weighted by Crippen LogP contribution is 2.35. The average Bonchev–Trinajstić information content (AvgIpc) is 2.64. The van der Waals surface area contributed by atoms with Gasteiger partial charge in [-0.05, 0) is 31.5 Å². The van der Waals surface area contributed by atoms with E-state index in [4.69, 9.17) is 4.74 Å². The van der Waals surface area contributed by atoms with Crippen LogP contribution in [0.4, 0.5) is 0 Å². The van der Waals surface area contributed by atoms with Gasteiger partial charge in [-0.1, -0.05) is 36.9 Å². The van der Waals surface area contributed by atoms with Crippen LogP contribution >= 0.6 is 11.8 Å². The number of carbonyl (C=O) groups excluding carboxylic acids is 1. The van der Waals surface area contributed by atoms with E-state index in [1.165, 1.54) is 0 Å². The van der Waals surface area contributed by atoms with Crippen molar-refractivity contribution in [3.05, 3.63) is 71.3 Å². The Morgan fingerprint density at radius 3 is 2.73 bits per heavy atom. The largest absolute Gasteiger partial charge is 0.491 e. The Morgan fingerprint density at radius 1 is 1.18 bits per heavy atom. The number of ketones is 1. The van der Waals surface area contributed by atoms with Crippen LogP contribution < -0.4 is 0 Å². The lowest BCUT2D eigenvalue weighted by molar-refractivity contribution is 0.103. The van der Waals surface area contributed by atoms with E-state index in [2.05, 4.69) is 6.58 Å². The van der Waals surface area contributed by atoms with Crippen LogP contribution in [0.2, 0.25) is 0 Å². The molecule has 0 amide bonds. The lowest BCUT2D eigenvalue weighted by Crippen LogP contribution is -2.05. The van der Waals surface area contributed by atoms with Gasteiger partial charge in [0.2, 0.25) is 0 Å². The number of fused-ring (bicyclic) bond motifs is 2. The summed E-state index contributed by atoms with van der Waals surface area (Å²) in [5, 5.41) is 0. The third kappa shape index (κ3) is 2.81. The fourth-order valence-corrected chi connectivity index (χ4v) is 3.61. The number of ether oxygens (including phenoxy) is 1. The summed E-state index contributed by atoms with van der Waals surface area (Å²) in [6.07, 6.45) is 0.0878. The lowest BCUT2D eigenvalue weighted by atomic mass is 9.98. The van der Waals surface area contributed by atoms with E-state index in [1.807, 2.05) is 56.3 Å². The van der Waals surface area contributed by atoms with Crippen molar-refractivity contribution in [2.75, 3.05) is 0 Å². The second-order valence-corrected chi connectivity index (χ2v) is 6.59. The average molecular weight is 310 g/mol. The third-order valence-corrected chi connectivity index (χ3v) is 4.68. The maximum absolute atomic E-state index is 12.7. The SMILES string of the molecule is C=C(OC(C)C)c1ccc2c(c1)SCc1ccccc1C2=O. The normalized spacial score (nSPS) is 13.3. The second kappa shape index (κ2) is 6.01. The molecule has 1 heterocycles. The van der Waals surface area contributed by atoms with Gasteiger partial charge in [-0.2, -0.15) is 0 Å². The molecule has 3 heteroatoms. The van der Waals surface area contributed by atoms with Crippen LogP contribution in [0.15, 0.2) is 53.9 Å². The summed E-state index contributed by atoms with van der Waals surface area (Å²) < 4.78 is 5.66. The molecule has 0 unspecified atom stereocenters. The number of hydrogen-bond acceptors (Lipinski definition) is 3. The van der Waals surface area contributed by atoms with Crippen molar-refractivity contribution < 1.29 is 9.53 Å². The first kappa shape index (κ1) is 14.9. The van der Waals surface area contributed by atoms with Crippen LogP contribution in [-0.4, -0.2) is 11.9 Å². The van der Waals surface area contributed by atoms with Gasteiger partial charge in [-0.15, -0.1) is 11.8 Å². The van der Waals surface area contributed by atoms with Gasteiger partial charge in [0.25, 0.3) is 0 Å². The molecule has 112 valence electrons. The molecule has 0 fully saturated rings. The number of hydrogen-bond donors (Lipinski definition) is 0. The number of benzene rings is 2. The zero-order valence-electron chi connectivity index (χ0n) is 12.8. The molecule has 0 spiro atoms. The molecule has 0 radical (unpaired) electrons. The predicted molar refractivity (Wildman–Crippen MR) is 91.1 cm³/mol. The fourth-order valence-electron chi connectivity index (χ4n) is 2.52. The van der Waals surface area contributed by atoms with Gasteiger partial charge < -0.3 is 4.74 Å². The highest BCUT2D eigenvalue weighted by Gasteiger charge is 2.21. The number of thioether (sulfide) groups is 1. The summed E-state index contributed by atoms with van der Waals surface area (Å²) in [6.45, 7) is 7.93. The van der Waals surface area contributed by atoms with Crippen LogP contribution in [0.3, 0.4) is 0 Å². The van der Waals surface area contributed by atoms with Crippen molar-refractivity contribution in [2.45, 2.75) is 30.6 Å². The predicted octanol–water partition coefficient (Wildman–Crippen LogP) is 4.92. The van der Waals surface area contributed by atoms with E-state index < -0.39 is 0 Å². The van der Waals surface area contributed by atoms with Crippen molar-refractivity contribution in [1.82, 2.24) is 0 Å². The van der Waals surface area contributed by atoms with Gasteiger partial charge in [0, 0.05) is 27.3 Å². The number of rotatable bonds is 3. The first-order valence-corrected chi connectivity index (χ1v) is 8.30. The van der Waals surface area contributed by atoms with Crippen LogP contribution in [0.25, 0.3) is 5.76 Å². The van der Waals surface area contributed by atoms with E-state index in [-0.39, 0.29) is 11.9 Å². The van der Waals surface area contributed by atoms with Gasteiger partial charge in [0.05, 0.1) is 6.10 Å². The smallest absolute Gasteiger partial charge is 0.194 e. The van der Waals surface area contributed by atoms with Crippen LogP contribution in [0.5, 0.6) is 0 Å². The molecule has 0 N–H and O–H groups in total. The van der Waals surface area contributed by atoms with Gasteiger partial charge in [-0.3, -0.25) is 4.79 Å². The Bertz CT molecular complexity index is 747. The third-order valence-electron chi connectivity index (χ3n) is 3.57. The van der Waals surface area contributed by atoms with E-state index >= 15 is 0 Å². The zero-order chi connectivity index (χ0) is 15.7. The molecular formula is C19H18O2S. The highest BCUT2D eigenvalue weighted by molar-refractivity contribution is 7.98. The molecule has 2 aromatic carbocycles. The van der Waals surface area contributed by atoms with Crippen molar-refractivity contribution in [3.8, 4) is 0 Å². The minimum Gasteiger partial charge on any atom is -0.491 e. The summed E-state index contributed by atoms with van der Waals surface area (Å²) in [5.74, 6) is 1.54. The van der Waals surface area contributed by atoms with E-state index in [0.717, 1.165) is 32.9 Å². The van der Waals surface area contributed by atoms with Gasteiger partial charge in [-0.25, -0.2) is 0 Å². The molecule has 22 heavy (non-hydrogen) atoms. The molecule has 0 saturated carbocycles. The minimum absolute atomic E-state index is 0.0878. The molecule has 0 atom stereocenters. The van der Waals surface area contributed by atoms with Crippen LogP contribution in [0.1, 0.15) is 40.9 Å². The summed E-state index contributed by atoms with van der Waals surface area (Å²) in [7, 11) is 0. The van der Waals surface area contributed by atoms with Crippen molar-refractivity contribution >= 4 is 23.3 Å². The van der Waals surface area contributed by atoms with E-state index in [0.29, 0.717) is 5.76 Å². The van der Waals surface area contributed by atoms with Gasteiger partial charge in [0.1, 0.15) is 5.76 Å². The lowest BCUT2D eigenvalue weighted by Gasteiger charge is -2.14. The summed E-state index contributed by atoms with van der Waals surface area (Å²) >= 11 is 1.69. The maximum atomic E-state index is 12.7. The molecule has 1 aliphatic rings. The first-order valence-electron chi connectivity index (χ1n) is 7.31. The molecule has 0 bridgehead atoms. The van der Waals surface area contributed by atoms with E-state index in [1.54, 1.807) is 11.8 Å². The Hall–Kier alpha value is -2.00. The Morgan fingerprint density at radius 2 is 1.95 bits per heavy atom. The molecule has 0 saturated heterocycles. The van der Waals surface area contributed by atoms with Crippen molar-refractivity contribution in [2.24, 2.45) is 0 Å². The molecule has 0 aromatic heterocycles. The van der Waals surface area contributed by atoms with Gasteiger partial charge >= 0.3 is 0 Å². The van der Waals surface area contributed by atoms with Crippen LogP contribution in [-0.2, 0) is 10.5 Å². The standard InChI is InChI=1S/C19H18O2S/c1-12(2)21-13(3)14-8-9-17-18(10-14)22-11-15-6-4-5-7-16(15)19(17)20/h4-10,12H,3,11H2,1-2H3. The maximum Gasteiger partial charge on any atom is 0.194 e.